The maximum Gasteiger partial charge on any atom is 0.145 e. The van der Waals surface area contributed by atoms with Gasteiger partial charge in [-0.15, -0.1) is 5.10 Å². The predicted molar refractivity (Wildman–Crippen MR) is 50.1 cm³/mol. The number of amidine groups is 1. The number of rotatable bonds is 2. The standard InChI is InChI=1S/C8H9N5O/c9-8(11-14)4-6-2-1-3-7-5-10-12-13(6)7/h1-3,5,14H,4H2,(H2,9,11). The fourth-order valence-corrected chi connectivity index (χ4v) is 1.26. The summed E-state index contributed by atoms with van der Waals surface area (Å²) in [6, 6.07) is 5.61. The van der Waals surface area contributed by atoms with E-state index in [0.717, 1.165) is 11.2 Å². The van der Waals surface area contributed by atoms with Gasteiger partial charge < -0.3 is 10.9 Å². The Hall–Kier alpha value is -2.11. The Morgan fingerprint density at radius 2 is 2.43 bits per heavy atom. The van der Waals surface area contributed by atoms with Gasteiger partial charge in [0.2, 0.25) is 0 Å². The van der Waals surface area contributed by atoms with Crippen LogP contribution in [0.5, 0.6) is 0 Å². The van der Waals surface area contributed by atoms with Crippen molar-refractivity contribution in [1.82, 2.24) is 14.8 Å². The average molecular weight is 191 g/mol. The van der Waals surface area contributed by atoms with Crippen LogP contribution in [0.2, 0.25) is 0 Å². The van der Waals surface area contributed by atoms with Gasteiger partial charge in [0.15, 0.2) is 0 Å². The maximum absolute atomic E-state index is 8.44. The van der Waals surface area contributed by atoms with Crippen molar-refractivity contribution in [2.75, 3.05) is 0 Å². The van der Waals surface area contributed by atoms with E-state index in [9.17, 15) is 0 Å². The third-order valence-electron chi connectivity index (χ3n) is 1.89. The number of nitrogens with two attached hydrogens (primary N) is 1. The van der Waals surface area contributed by atoms with Gasteiger partial charge in [-0.2, -0.15) is 0 Å². The molecule has 2 heterocycles. The molecule has 0 fully saturated rings. The molecule has 0 spiro atoms. The SMILES string of the molecule is N/C(Cc1cccc2cnnn12)=N\O. The van der Waals surface area contributed by atoms with Crippen LogP contribution in [0.1, 0.15) is 5.69 Å². The molecule has 0 amide bonds. The minimum atomic E-state index is 0.146. The molecule has 0 radical (unpaired) electrons. The molecule has 2 aromatic heterocycles. The van der Waals surface area contributed by atoms with E-state index in [1.54, 1.807) is 10.7 Å². The van der Waals surface area contributed by atoms with Crippen molar-refractivity contribution in [2.45, 2.75) is 6.42 Å². The predicted octanol–water partition coefficient (Wildman–Crippen LogP) is 0.0182. The summed E-state index contributed by atoms with van der Waals surface area (Å²) in [6.45, 7) is 0. The van der Waals surface area contributed by atoms with E-state index in [2.05, 4.69) is 15.5 Å². The first kappa shape index (κ1) is 8.49. The van der Waals surface area contributed by atoms with E-state index in [-0.39, 0.29) is 5.84 Å². The maximum atomic E-state index is 8.44. The Kier molecular flexibility index (Phi) is 2.02. The van der Waals surface area contributed by atoms with E-state index in [1.165, 1.54) is 0 Å². The van der Waals surface area contributed by atoms with Gasteiger partial charge in [0.05, 0.1) is 23.8 Å². The molecule has 2 aromatic rings. The molecular weight excluding hydrogens is 182 g/mol. The number of hydrogen-bond donors (Lipinski definition) is 2. The zero-order valence-electron chi connectivity index (χ0n) is 7.33. The number of pyridine rings is 1. The fourth-order valence-electron chi connectivity index (χ4n) is 1.26. The van der Waals surface area contributed by atoms with Gasteiger partial charge in [0.25, 0.3) is 0 Å². The number of hydrogen-bond acceptors (Lipinski definition) is 4. The molecule has 0 aromatic carbocycles. The minimum Gasteiger partial charge on any atom is -0.409 e. The summed E-state index contributed by atoms with van der Waals surface area (Å²) < 4.78 is 1.65. The van der Waals surface area contributed by atoms with E-state index in [1.807, 2.05) is 18.2 Å². The average Bonchev–Trinajstić information content (AvgIpc) is 2.66. The highest BCUT2D eigenvalue weighted by molar-refractivity contribution is 5.81. The van der Waals surface area contributed by atoms with Crippen molar-refractivity contribution < 1.29 is 5.21 Å². The van der Waals surface area contributed by atoms with Crippen LogP contribution >= 0.6 is 0 Å². The van der Waals surface area contributed by atoms with Crippen LogP contribution in [-0.4, -0.2) is 25.9 Å². The van der Waals surface area contributed by atoms with Crippen LogP contribution in [-0.2, 0) is 6.42 Å². The Morgan fingerprint density at radius 1 is 1.57 bits per heavy atom. The van der Waals surface area contributed by atoms with Gasteiger partial charge in [0, 0.05) is 0 Å². The molecule has 0 aliphatic heterocycles. The number of fused-ring (bicyclic) bond motifs is 1. The van der Waals surface area contributed by atoms with Crippen LogP contribution < -0.4 is 5.73 Å². The summed E-state index contributed by atoms with van der Waals surface area (Å²) in [6.07, 6.45) is 1.99. The summed E-state index contributed by atoms with van der Waals surface area (Å²) in [7, 11) is 0. The normalized spacial score (nSPS) is 12.1. The molecule has 6 heteroatoms. The van der Waals surface area contributed by atoms with Crippen molar-refractivity contribution >= 4 is 11.4 Å². The number of nitrogens with zero attached hydrogens (tertiary/aromatic N) is 4. The molecule has 0 saturated heterocycles. The van der Waals surface area contributed by atoms with Crippen LogP contribution in [0, 0.1) is 0 Å². The smallest absolute Gasteiger partial charge is 0.145 e. The molecule has 72 valence electrons. The molecule has 2 rings (SSSR count). The summed E-state index contributed by atoms with van der Waals surface area (Å²) >= 11 is 0. The molecule has 0 bridgehead atoms. The summed E-state index contributed by atoms with van der Waals surface area (Å²) in [5.74, 6) is 0.146. The van der Waals surface area contributed by atoms with Crippen molar-refractivity contribution in [1.29, 1.82) is 0 Å². The Bertz CT molecular complexity index is 475. The Labute approximate surface area is 79.6 Å². The largest absolute Gasteiger partial charge is 0.409 e. The van der Waals surface area contributed by atoms with Crippen molar-refractivity contribution in [3.63, 3.8) is 0 Å². The summed E-state index contributed by atoms with van der Waals surface area (Å²) in [4.78, 5) is 0. The summed E-state index contributed by atoms with van der Waals surface area (Å²) in [5, 5.41) is 19.0. The molecule has 0 unspecified atom stereocenters. The third-order valence-corrected chi connectivity index (χ3v) is 1.89. The zero-order chi connectivity index (χ0) is 9.97. The molecular formula is C8H9N5O. The number of aromatic nitrogens is 3. The molecule has 6 nitrogen and oxygen atoms in total. The first-order valence-corrected chi connectivity index (χ1v) is 4.06. The van der Waals surface area contributed by atoms with Crippen molar-refractivity contribution in [3.05, 3.63) is 30.1 Å². The molecule has 0 atom stereocenters. The van der Waals surface area contributed by atoms with Crippen LogP contribution in [0.4, 0.5) is 0 Å². The van der Waals surface area contributed by atoms with Crippen LogP contribution in [0.25, 0.3) is 5.52 Å². The first-order chi connectivity index (χ1) is 6.81. The van der Waals surface area contributed by atoms with Crippen molar-refractivity contribution in [2.24, 2.45) is 10.9 Å². The molecule has 14 heavy (non-hydrogen) atoms. The van der Waals surface area contributed by atoms with Crippen molar-refractivity contribution in [3.8, 4) is 0 Å². The first-order valence-electron chi connectivity index (χ1n) is 4.06. The number of oxime groups is 1. The van der Waals surface area contributed by atoms with Gasteiger partial charge in [-0.05, 0) is 12.1 Å². The topological polar surface area (TPSA) is 88.8 Å². The zero-order valence-corrected chi connectivity index (χ0v) is 7.33. The van der Waals surface area contributed by atoms with E-state index in [0.29, 0.717) is 6.42 Å². The monoisotopic (exact) mass is 191 g/mol. The molecule has 0 saturated carbocycles. The lowest BCUT2D eigenvalue weighted by atomic mass is 10.2. The highest BCUT2D eigenvalue weighted by atomic mass is 16.4. The second kappa shape index (κ2) is 3.33. The Balaban J connectivity index is 2.46. The highest BCUT2D eigenvalue weighted by Crippen LogP contribution is 2.05. The van der Waals surface area contributed by atoms with Crippen LogP contribution in [0.3, 0.4) is 0 Å². The summed E-state index contributed by atoms with van der Waals surface area (Å²) in [5.41, 5.74) is 7.11. The lowest BCUT2D eigenvalue weighted by molar-refractivity contribution is 0.317. The lowest BCUT2D eigenvalue weighted by Crippen LogP contribution is -2.16. The minimum absolute atomic E-state index is 0.146. The quantitative estimate of drug-likeness (QED) is 0.303. The molecule has 0 aliphatic rings. The van der Waals surface area contributed by atoms with Crippen LogP contribution in [0.15, 0.2) is 29.6 Å². The molecule has 0 aliphatic carbocycles. The van der Waals surface area contributed by atoms with E-state index in [4.69, 9.17) is 10.9 Å². The molecule has 3 N–H and O–H groups in total. The lowest BCUT2D eigenvalue weighted by Gasteiger charge is -2.01. The second-order valence-electron chi connectivity index (χ2n) is 2.86. The Morgan fingerprint density at radius 3 is 3.21 bits per heavy atom. The van der Waals surface area contributed by atoms with E-state index < -0.39 is 0 Å². The van der Waals surface area contributed by atoms with Gasteiger partial charge in [-0.25, -0.2) is 4.52 Å². The van der Waals surface area contributed by atoms with Gasteiger partial charge in [-0.1, -0.05) is 16.4 Å². The van der Waals surface area contributed by atoms with Gasteiger partial charge in [0.1, 0.15) is 5.84 Å². The van der Waals surface area contributed by atoms with E-state index >= 15 is 0 Å². The fraction of sp³-hybridized carbons (Fsp3) is 0.125. The highest BCUT2D eigenvalue weighted by Gasteiger charge is 2.03. The second-order valence-corrected chi connectivity index (χ2v) is 2.86. The van der Waals surface area contributed by atoms with Gasteiger partial charge in [-0.3, -0.25) is 0 Å². The third kappa shape index (κ3) is 1.37. The van der Waals surface area contributed by atoms with Gasteiger partial charge >= 0.3 is 0 Å².